The average molecular weight is 258 g/mol. The summed E-state index contributed by atoms with van der Waals surface area (Å²) in [5.74, 6) is 0. The lowest BCUT2D eigenvalue weighted by Gasteiger charge is -2.11. The van der Waals surface area contributed by atoms with Crippen molar-refractivity contribution in [3.63, 3.8) is 0 Å². The summed E-state index contributed by atoms with van der Waals surface area (Å²) >= 11 is 0. The van der Waals surface area contributed by atoms with Gasteiger partial charge in [0.2, 0.25) is 0 Å². The van der Waals surface area contributed by atoms with Crippen LogP contribution in [0.4, 0.5) is 5.69 Å². The Morgan fingerprint density at radius 3 is 2.06 bits per heavy atom. The summed E-state index contributed by atoms with van der Waals surface area (Å²) in [7, 11) is -4.45. The Labute approximate surface area is 98.7 Å². The smallest absolute Gasteiger partial charge is 0.125 e. The molecule has 0 atom stereocenters. The average Bonchev–Trinajstić information content (AvgIpc) is 2.17. The molecule has 0 saturated heterocycles. The van der Waals surface area contributed by atoms with Gasteiger partial charge in [0.05, 0.1) is 4.90 Å². The lowest BCUT2D eigenvalue weighted by Crippen LogP contribution is -2.00. The molecule has 0 heterocycles. The van der Waals surface area contributed by atoms with Crippen molar-refractivity contribution in [2.24, 2.45) is 0 Å². The van der Waals surface area contributed by atoms with Crippen LogP contribution in [-0.4, -0.2) is 18.4 Å². The molecule has 6 nitrogen and oxygen atoms in total. The molecule has 17 heavy (non-hydrogen) atoms. The standard InChI is InChI=1S/C10H9NO3S.H3N.H2O/c11-9-5-6-10(15(12,13)14)8-4-2-1-3-7(8)9;;/h1-6H,11H2,(H,12,13,14);1H3;1H2. The third-order valence-electron chi connectivity index (χ3n) is 2.19. The maximum Gasteiger partial charge on any atom is 0.125 e. The Morgan fingerprint density at radius 2 is 1.53 bits per heavy atom. The van der Waals surface area contributed by atoms with Gasteiger partial charge in [-0.15, -0.1) is 0 Å². The normalized spacial score (nSPS) is 10.4. The van der Waals surface area contributed by atoms with Crippen LogP contribution in [0.5, 0.6) is 0 Å². The third-order valence-corrected chi connectivity index (χ3v) is 3.08. The number of hydrogen-bond acceptors (Lipinski definition) is 4. The molecule has 2 aromatic carbocycles. The van der Waals surface area contributed by atoms with Crippen LogP contribution in [0.2, 0.25) is 0 Å². The molecular weight excluding hydrogens is 244 g/mol. The lowest BCUT2D eigenvalue weighted by molar-refractivity contribution is 0.464. The van der Waals surface area contributed by atoms with E-state index in [0.717, 1.165) is 0 Å². The zero-order valence-electron chi connectivity index (χ0n) is 9.17. The number of quaternary nitrogens is 1. The van der Waals surface area contributed by atoms with Crippen LogP contribution >= 0.6 is 0 Å². The fourth-order valence-electron chi connectivity index (χ4n) is 1.51. The van der Waals surface area contributed by atoms with Crippen LogP contribution in [0.3, 0.4) is 0 Å². The van der Waals surface area contributed by atoms with Gasteiger partial charge >= 0.3 is 0 Å². The van der Waals surface area contributed by atoms with Crippen molar-refractivity contribution in [2.45, 2.75) is 4.90 Å². The molecule has 0 saturated carbocycles. The lowest BCUT2D eigenvalue weighted by atomic mass is 10.1. The summed E-state index contributed by atoms with van der Waals surface area (Å²) < 4.78 is 32.9. The van der Waals surface area contributed by atoms with E-state index in [0.29, 0.717) is 16.5 Å². The molecule has 0 amide bonds. The molecule has 0 aromatic heterocycles. The maximum absolute atomic E-state index is 11.0. The van der Waals surface area contributed by atoms with Crippen molar-refractivity contribution in [1.29, 1.82) is 0 Å². The van der Waals surface area contributed by atoms with Crippen LogP contribution in [0.1, 0.15) is 0 Å². The number of hydrogen-bond donors (Lipinski definition) is 2. The van der Waals surface area contributed by atoms with E-state index in [1.807, 2.05) is 0 Å². The summed E-state index contributed by atoms with van der Waals surface area (Å²) in [6, 6.07) is 9.30. The summed E-state index contributed by atoms with van der Waals surface area (Å²) in [6.07, 6.45) is 0. The minimum absolute atomic E-state index is 0. The minimum atomic E-state index is -4.45. The number of benzene rings is 2. The van der Waals surface area contributed by atoms with E-state index in [1.54, 1.807) is 24.3 Å². The second kappa shape index (κ2) is 5.11. The molecule has 0 spiro atoms. The second-order valence-corrected chi connectivity index (χ2v) is 4.50. The Balaban J connectivity index is 0.00000128. The minimum Gasteiger partial charge on any atom is -0.744 e. The van der Waals surface area contributed by atoms with Crippen molar-refractivity contribution in [3.8, 4) is 0 Å². The van der Waals surface area contributed by atoms with Crippen molar-refractivity contribution in [2.75, 3.05) is 5.73 Å². The molecule has 0 radical (unpaired) electrons. The number of nitrogen functional groups attached to an aromatic ring is 1. The molecule has 94 valence electrons. The fraction of sp³-hybridized carbons (Fsp3) is 0. The first-order valence-corrected chi connectivity index (χ1v) is 5.64. The van der Waals surface area contributed by atoms with Gasteiger partial charge in [0.1, 0.15) is 10.1 Å². The summed E-state index contributed by atoms with van der Waals surface area (Å²) in [5.41, 5.74) is 6.13. The highest BCUT2D eigenvalue weighted by Gasteiger charge is 2.08. The summed E-state index contributed by atoms with van der Waals surface area (Å²) in [6.45, 7) is 0. The molecule has 0 aliphatic carbocycles. The maximum atomic E-state index is 11.0. The van der Waals surface area contributed by atoms with Crippen molar-refractivity contribution in [3.05, 3.63) is 36.4 Å². The van der Waals surface area contributed by atoms with E-state index in [1.165, 1.54) is 12.1 Å². The Hall–Kier alpha value is -1.67. The molecule has 0 fully saturated rings. The number of fused-ring (bicyclic) bond motifs is 1. The van der Waals surface area contributed by atoms with Gasteiger partial charge in [0.25, 0.3) is 0 Å². The first-order chi connectivity index (χ1) is 7.00. The van der Waals surface area contributed by atoms with E-state index in [2.05, 4.69) is 0 Å². The Kier molecular flexibility index (Phi) is 4.60. The van der Waals surface area contributed by atoms with Gasteiger partial charge in [-0.05, 0) is 12.1 Å². The number of anilines is 1. The molecule has 8 N–H and O–H groups in total. The molecule has 7 heteroatoms. The van der Waals surface area contributed by atoms with E-state index < -0.39 is 10.1 Å². The van der Waals surface area contributed by atoms with Crippen LogP contribution in [0.15, 0.2) is 41.3 Å². The fourth-order valence-corrected chi connectivity index (χ4v) is 2.19. The van der Waals surface area contributed by atoms with Gasteiger partial charge in [-0.25, -0.2) is 8.42 Å². The predicted octanol–water partition coefficient (Wildman–Crippen LogP) is 0.878. The van der Waals surface area contributed by atoms with Crippen molar-refractivity contribution < 1.29 is 18.4 Å². The molecule has 0 aliphatic rings. The third kappa shape index (κ3) is 2.71. The largest absolute Gasteiger partial charge is 0.744 e. The Bertz CT molecular complexity index is 625. The van der Waals surface area contributed by atoms with Gasteiger partial charge in [-0.2, -0.15) is 0 Å². The summed E-state index contributed by atoms with van der Waals surface area (Å²) in [4.78, 5) is -0.229. The van der Waals surface area contributed by atoms with E-state index in [9.17, 15) is 13.0 Å². The number of nitrogens with two attached hydrogens (primary N) is 1. The zero-order valence-corrected chi connectivity index (χ0v) is 9.99. The molecule has 2 rings (SSSR count). The molecular formula is C10H14N2O4S. The first-order valence-electron chi connectivity index (χ1n) is 4.23. The first kappa shape index (κ1) is 15.3. The highest BCUT2D eigenvalue weighted by atomic mass is 32.2. The van der Waals surface area contributed by atoms with Crippen molar-refractivity contribution >= 4 is 26.6 Å². The monoisotopic (exact) mass is 258 g/mol. The van der Waals surface area contributed by atoms with Crippen LogP contribution in [0.25, 0.3) is 10.8 Å². The predicted molar refractivity (Wildman–Crippen MR) is 65.9 cm³/mol. The van der Waals surface area contributed by atoms with Crippen LogP contribution in [-0.2, 0) is 10.1 Å². The van der Waals surface area contributed by atoms with E-state index in [4.69, 9.17) is 5.73 Å². The molecule has 0 bridgehead atoms. The van der Waals surface area contributed by atoms with Gasteiger partial charge in [-0.3, -0.25) is 0 Å². The Morgan fingerprint density at radius 1 is 1.00 bits per heavy atom. The summed E-state index contributed by atoms with van der Waals surface area (Å²) in [5, 5.41) is 0.946. The van der Waals surface area contributed by atoms with Crippen molar-refractivity contribution in [1.82, 2.24) is 6.15 Å². The van der Waals surface area contributed by atoms with Gasteiger partial charge in [0, 0.05) is 16.5 Å². The van der Waals surface area contributed by atoms with Gasteiger partial charge < -0.3 is 21.9 Å². The highest BCUT2D eigenvalue weighted by molar-refractivity contribution is 7.86. The molecule has 2 aromatic rings. The van der Waals surface area contributed by atoms with Gasteiger partial charge in [-0.1, -0.05) is 24.3 Å². The van der Waals surface area contributed by atoms with E-state index in [-0.39, 0.29) is 16.5 Å². The van der Waals surface area contributed by atoms with Crippen LogP contribution in [0, 0.1) is 0 Å². The van der Waals surface area contributed by atoms with Crippen LogP contribution < -0.4 is 11.9 Å². The quantitative estimate of drug-likeness (QED) is 0.575. The van der Waals surface area contributed by atoms with E-state index >= 15 is 0 Å². The topological polar surface area (TPSA) is 151 Å². The zero-order chi connectivity index (χ0) is 11.1. The van der Waals surface area contributed by atoms with Gasteiger partial charge in [0.15, 0.2) is 0 Å². The highest BCUT2D eigenvalue weighted by Crippen LogP contribution is 2.27. The number of rotatable bonds is 1. The molecule has 0 aliphatic heterocycles. The second-order valence-electron chi connectivity index (χ2n) is 3.15. The molecule has 0 unspecified atom stereocenters. The SMILES string of the molecule is Nc1ccc(S(=O)(=O)[O-])c2ccccc12.O.[NH4+].